The number of nitrogens with zero attached hydrogens (tertiary/aromatic N) is 3. The SMILES string of the molecule is CCOC(=O)c1c(NC(=O)CN2CCN(Cc3ccccn3)CC2)sc(C)c1-c1ccccc1. The van der Waals surface area contributed by atoms with E-state index in [-0.39, 0.29) is 19.1 Å². The van der Waals surface area contributed by atoms with Crippen molar-refractivity contribution in [2.24, 2.45) is 0 Å². The molecule has 1 aliphatic heterocycles. The monoisotopic (exact) mass is 478 g/mol. The molecule has 7 nitrogen and oxygen atoms in total. The zero-order valence-corrected chi connectivity index (χ0v) is 20.4. The number of nitrogens with one attached hydrogen (secondary N) is 1. The van der Waals surface area contributed by atoms with Crippen LogP contribution in [0.15, 0.2) is 54.7 Å². The minimum absolute atomic E-state index is 0.121. The first-order chi connectivity index (χ1) is 16.5. The third-order valence-corrected chi connectivity index (χ3v) is 6.84. The largest absolute Gasteiger partial charge is 0.462 e. The van der Waals surface area contributed by atoms with Crippen LogP contribution in [0, 0.1) is 6.92 Å². The average Bonchev–Trinajstić information content (AvgIpc) is 3.17. The molecule has 8 heteroatoms. The van der Waals surface area contributed by atoms with Crippen molar-refractivity contribution in [3.8, 4) is 11.1 Å². The maximum atomic E-state index is 12.9. The van der Waals surface area contributed by atoms with Crippen LogP contribution in [-0.2, 0) is 16.1 Å². The lowest BCUT2D eigenvalue weighted by molar-refractivity contribution is -0.117. The number of amides is 1. The third-order valence-electron chi connectivity index (χ3n) is 5.82. The van der Waals surface area contributed by atoms with Gasteiger partial charge in [0.05, 0.1) is 18.8 Å². The Labute approximate surface area is 204 Å². The Bertz CT molecular complexity index is 1110. The van der Waals surface area contributed by atoms with Crippen molar-refractivity contribution < 1.29 is 14.3 Å². The summed E-state index contributed by atoms with van der Waals surface area (Å²) in [6.07, 6.45) is 1.82. The van der Waals surface area contributed by atoms with E-state index in [4.69, 9.17) is 4.74 Å². The quantitative estimate of drug-likeness (QED) is 0.493. The predicted octanol–water partition coefficient (Wildman–Crippen LogP) is 4.05. The number of rotatable bonds is 8. The van der Waals surface area contributed by atoms with Gasteiger partial charge in [-0.05, 0) is 31.5 Å². The molecule has 0 atom stereocenters. The van der Waals surface area contributed by atoms with Crippen LogP contribution in [-0.4, -0.2) is 66.0 Å². The zero-order valence-electron chi connectivity index (χ0n) is 19.6. The normalized spacial score (nSPS) is 14.6. The molecule has 0 spiro atoms. The molecule has 1 saturated heterocycles. The summed E-state index contributed by atoms with van der Waals surface area (Å²) in [5, 5.41) is 3.54. The van der Waals surface area contributed by atoms with E-state index < -0.39 is 5.97 Å². The van der Waals surface area contributed by atoms with E-state index in [0.29, 0.717) is 10.6 Å². The fourth-order valence-corrected chi connectivity index (χ4v) is 5.26. The summed E-state index contributed by atoms with van der Waals surface area (Å²) in [4.78, 5) is 35.6. The highest BCUT2D eigenvalue weighted by molar-refractivity contribution is 7.17. The number of carbonyl (C=O) groups excluding carboxylic acids is 2. The lowest BCUT2D eigenvalue weighted by Crippen LogP contribution is -2.48. The number of aryl methyl sites for hydroxylation is 1. The maximum Gasteiger partial charge on any atom is 0.341 e. The molecule has 1 amide bonds. The van der Waals surface area contributed by atoms with Gasteiger partial charge in [0.15, 0.2) is 0 Å². The Morgan fingerprint density at radius 2 is 1.74 bits per heavy atom. The van der Waals surface area contributed by atoms with Crippen molar-refractivity contribution in [3.05, 3.63) is 70.9 Å². The molecule has 1 aromatic carbocycles. The molecule has 4 rings (SSSR count). The van der Waals surface area contributed by atoms with E-state index >= 15 is 0 Å². The van der Waals surface area contributed by atoms with Gasteiger partial charge in [0.1, 0.15) is 10.6 Å². The predicted molar refractivity (Wildman–Crippen MR) is 135 cm³/mol. The van der Waals surface area contributed by atoms with Gasteiger partial charge in [-0.25, -0.2) is 4.79 Å². The van der Waals surface area contributed by atoms with E-state index in [1.165, 1.54) is 11.3 Å². The molecule has 0 unspecified atom stereocenters. The Morgan fingerprint density at radius 1 is 1.03 bits per heavy atom. The molecule has 178 valence electrons. The van der Waals surface area contributed by atoms with Gasteiger partial charge in [0.2, 0.25) is 5.91 Å². The summed E-state index contributed by atoms with van der Waals surface area (Å²) in [7, 11) is 0. The molecule has 1 N–H and O–H groups in total. The van der Waals surface area contributed by atoms with Crippen molar-refractivity contribution in [1.29, 1.82) is 0 Å². The van der Waals surface area contributed by atoms with Crippen LogP contribution in [0.5, 0.6) is 0 Å². The first-order valence-electron chi connectivity index (χ1n) is 11.6. The molecule has 0 saturated carbocycles. The van der Waals surface area contributed by atoms with E-state index in [0.717, 1.165) is 54.4 Å². The summed E-state index contributed by atoms with van der Waals surface area (Å²) in [6, 6.07) is 15.7. The van der Waals surface area contributed by atoms with Gasteiger partial charge in [-0.3, -0.25) is 19.6 Å². The highest BCUT2D eigenvalue weighted by Gasteiger charge is 2.26. The second-order valence-corrected chi connectivity index (χ2v) is 9.47. The smallest absolute Gasteiger partial charge is 0.341 e. The molecule has 0 radical (unpaired) electrons. The number of hydrogen-bond acceptors (Lipinski definition) is 7. The molecule has 3 aromatic rings. The van der Waals surface area contributed by atoms with Crippen LogP contribution in [0.1, 0.15) is 27.9 Å². The Morgan fingerprint density at radius 3 is 2.41 bits per heavy atom. The van der Waals surface area contributed by atoms with Crippen molar-refractivity contribution in [1.82, 2.24) is 14.8 Å². The lowest BCUT2D eigenvalue weighted by Gasteiger charge is -2.34. The topological polar surface area (TPSA) is 74.8 Å². The molecule has 34 heavy (non-hydrogen) atoms. The molecule has 2 aromatic heterocycles. The van der Waals surface area contributed by atoms with E-state index in [1.54, 1.807) is 6.92 Å². The van der Waals surface area contributed by atoms with E-state index in [1.807, 2.05) is 61.7 Å². The fraction of sp³-hybridized carbons (Fsp3) is 0.346. The van der Waals surface area contributed by atoms with Crippen molar-refractivity contribution in [3.63, 3.8) is 0 Å². The highest BCUT2D eigenvalue weighted by atomic mass is 32.1. The van der Waals surface area contributed by atoms with Crippen molar-refractivity contribution in [2.75, 3.05) is 44.6 Å². The number of piperazine rings is 1. The van der Waals surface area contributed by atoms with E-state index in [2.05, 4.69) is 20.1 Å². The summed E-state index contributed by atoms with van der Waals surface area (Å²) in [5.41, 5.74) is 3.25. The first-order valence-corrected chi connectivity index (χ1v) is 12.4. The van der Waals surface area contributed by atoms with Crippen molar-refractivity contribution >= 4 is 28.2 Å². The van der Waals surface area contributed by atoms with Crippen molar-refractivity contribution in [2.45, 2.75) is 20.4 Å². The van der Waals surface area contributed by atoms with Crippen LogP contribution in [0.3, 0.4) is 0 Å². The first kappa shape index (κ1) is 24.1. The Kier molecular flexibility index (Phi) is 8.05. The molecule has 0 aliphatic carbocycles. The Hall–Kier alpha value is -3.07. The third kappa shape index (κ3) is 5.88. The van der Waals surface area contributed by atoms with Crippen LogP contribution in [0.4, 0.5) is 5.00 Å². The number of aromatic nitrogens is 1. The van der Waals surface area contributed by atoms with Gasteiger partial charge < -0.3 is 10.1 Å². The van der Waals surface area contributed by atoms with Gasteiger partial charge in [-0.2, -0.15) is 0 Å². The van der Waals surface area contributed by atoms with E-state index in [9.17, 15) is 9.59 Å². The number of ether oxygens (including phenoxy) is 1. The van der Waals surface area contributed by atoms with Gasteiger partial charge in [-0.15, -0.1) is 11.3 Å². The van der Waals surface area contributed by atoms with Crippen LogP contribution in [0.25, 0.3) is 11.1 Å². The Balaban J connectivity index is 1.40. The summed E-state index contributed by atoms with van der Waals surface area (Å²) < 4.78 is 5.33. The van der Waals surface area contributed by atoms with Crippen LogP contribution >= 0.6 is 11.3 Å². The standard InChI is InChI=1S/C26H30N4O3S/c1-3-33-26(32)24-23(20-9-5-4-6-10-20)19(2)34-25(24)28-22(31)18-30-15-13-29(14-16-30)17-21-11-7-8-12-27-21/h4-12H,3,13-18H2,1-2H3,(H,28,31). The lowest BCUT2D eigenvalue weighted by atomic mass is 10.0. The number of benzene rings is 1. The second kappa shape index (κ2) is 11.4. The number of esters is 1. The summed E-state index contributed by atoms with van der Waals surface area (Å²) in [5.74, 6) is -0.534. The van der Waals surface area contributed by atoms with Gasteiger partial charge in [0.25, 0.3) is 0 Å². The van der Waals surface area contributed by atoms with Gasteiger partial charge in [0, 0.05) is 49.4 Å². The minimum atomic E-state index is -0.413. The minimum Gasteiger partial charge on any atom is -0.462 e. The van der Waals surface area contributed by atoms with Crippen LogP contribution < -0.4 is 5.32 Å². The number of hydrogen-bond donors (Lipinski definition) is 1. The number of thiophene rings is 1. The molecule has 1 fully saturated rings. The van der Waals surface area contributed by atoms with Gasteiger partial charge in [-0.1, -0.05) is 36.4 Å². The molecular formula is C26H30N4O3S. The number of carbonyl (C=O) groups is 2. The molecule has 1 aliphatic rings. The number of anilines is 1. The maximum absolute atomic E-state index is 12.9. The second-order valence-electron chi connectivity index (χ2n) is 8.25. The summed E-state index contributed by atoms with van der Waals surface area (Å²) >= 11 is 1.42. The zero-order chi connectivity index (χ0) is 23.9. The summed E-state index contributed by atoms with van der Waals surface area (Å²) in [6.45, 7) is 8.52. The molecular weight excluding hydrogens is 448 g/mol. The average molecular weight is 479 g/mol. The molecule has 3 heterocycles. The van der Waals surface area contributed by atoms with Crippen LogP contribution in [0.2, 0.25) is 0 Å². The number of pyridine rings is 1. The molecule has 0 bridgehead atoms. The highest BCUT2D eigenvalue weighted by Crippen LogP contribution is 2.40. The fourth-order valence-electron chi connectivity index (χ4n) is 4.18. The van der Waals surface area contributed by atoms with Gasteiger partial charge >= 0.3 is 5.97 Å².